The molecule has 3 unspecified atom stereocenters. The first kappa shape index (κ1) is 26.2. The lowest BCUT2D eigenvalue weighted by Gasteiger charge is -2.24. The van der Waals surface area contributed by atoms with Crippen LogP contribution in [0.25, 0.3) is 0 Å². The topological polar surface area (TPSA) is 90.9 Å². The summed E-state index contributed by atoms with van der Waals surface area (Å²) in [4.78, 5) is 18.4. The largest absolute Gasteiger partial charge is 0.416 e. The van der Waals surface area contributed by atoms with E-state index in [9.17, 15) is 27.5 Å². The van der Waals surface area contributed by atoms with E-state index in [0.717, 1.165) is 17.3 Å². The van der Waals surface area contributed by atoms with Gasteiger partial charge in [0, 0.05) is 50.4 Å². The summed E-state index contributed by atoms with van der Waals surface area (Å²) in [6, 6.07) is 2.67. The molecule has 0 saturated carbocycles. The number of carbonyl (C=O) groups is 1. The number of β-amino-alcohol motifs (C(OH)–C–C–N with tert-alkyl or cyclic N) is 1. The lowest BCUT2D eigenvalue weighted by molar-refractivity contribution is -0.137. The highest BCUT2D eigenvalue weighted by Crippen LogP contribution is 2.34. The Morgan fingerprint density at radius 2 is 2.15 bits per heavy atom. The number of rotatable bonds is 8. The maximum Gasteiger partial charge on any atom is 0.416 e. The molecule has 0 spiro atoms. The number of aliphatic hydroxyl groups is 1. The average molecular weight is 485 g/mol. The first-order chi connectivity index (χ1) is 16.1. The number of aliphatic hydroxyl groups excluding tert-OH is 1. The number of hydrogen-bond donors (Lipinski definition) is 3. The van der Waals surface area contributed by atoms with E-state index in [4.69, 9.17) is 5.73 Å². The third-order valence-electron chi connectivity index (χ3n) is 6.58. The standard InChI is InChI=1S/C24H32F4N4O2/c1-30-12-17-10-15(2-5-22(17)29)23(34)31-8-6-19(33)14-32-9-7-16(13-32)20-4-3-18(11-21(20)25)24(26,27)28/h3-4,11-12,15-16,19,33H,2,5-10,13-14,29H2,1H3,(H,31,34). The van der Waals surface area contributed by atoms with Crippen LogP contribution in [0.1, 0.15) is 49.1 Å². The predicted octanol–water partition coefficient (Wildman–Crippen LogP) is 3.21. The Morgan fingerprint density at radius 1 is 1.38 bits per heavy atom. The van der Waals surface area contributed by atoms with Gasteiger partial charge in [-0.05, 0) is 61.9 Å². The van der Waals surface area contributed by atoms with Crippen LogP contribution in [-0.2, 0) is 11.0 Å². The molecule has 3 rings (SSSR count). The van der Waals surface area contributed by atoms with Gasteiger partial charge in [0.05, 0.1) is 11.7 Å². The van der Waals surface area contributed by atoms with Crippen molar-refractivity contribution in [2.45, 2.75) is 50.3 Å². The van der Waals surface area contributed by atoms with Crippen molar-refractivity contribution in [3.05, 3.63) is 46.4 Å². The molecule has 188 valence electrons. The number of aliphatic imine (C=N–C) groups is 1. The summed E-state index contributed by atoms with van der Waals surface area (Å²) in [5.41, 5.74) is 6.91. The molecular weight excluding hydrogens is 452 g/mol. The van der Waals surface area contributed by atoms with E-state index in [2.05, 4.69) is 10.3 Å². The summed E-state index contributed by atoms with van der Waals surface area (Å²) < 4.78 is 52.6. The minimum atomic E-state index is -4.58. The SMILES string of the molecule is CN=CC1=C(N)CCC(C(=O)NCCC(O)CN2CCC(c3ccc(C(F)(F)F)cc3F)C2)C1. The highest BCUT2D eigenvalue weighted by atomic mass is 19.4. The normalized spacial score (nSPS) is 23.0. The highest BCUT2D eigenvalue weighted by molar-refractivity contribution is 5.84. The van der Waals surface area contributed by atoms with E-state index >= 15 is 0 Å². The number of hydrogen-bond acceptors (Lipinski definition) is 5. The van der Waals surface area contributed by atoms with E-state index in [1.54, 1.807) is 13.3 Å². The van der Waals surface area contributed by atoms with Crippen molar-refractivity contribution in [2.75, 3.05) is 33.2 Å². The van der Waals surface area contributed by atoms with Gasteiger partial charge in [0.2, 0.25) is 5.91 Å². The van der Waals surface area contributed by atoms with E-state index in [-0.39, 0.29) is 23.3 Å². The van der Waals surface area contributed by atoms with Crippen LogP contribution < -0.4 is 11.1 Å². The second kappa shape index (κ2) is 11.3. The molecule has 0 bridgehead atoms. The minimum absolute atomic E-state index is 0.0688. The summed E-state index contributed by atoms with van der Waals surface area (Å²) in [7, 11) is 1.66. The minimum Gasteiger partial charge on any atom is -0.402 e. The number of benzene rings is 1. The van der Waals surface area contributed by atoms with Gasteiger partial charge in [-0.3, -0.25) is 9.79 Å². The number of allylic oxidation sites excluding steroid dienone is 2. The molecule has 1 aromatic rings. The number of nitrogens with zero attached hydrogens (tertiary/aromatic N) is 2. The van der Waals surface area contributed by atoms with Crippen LogP contribution in [0.3, 0.4) is 0 Å². The Balaban J connectivity index is 1.42. The van der Waals surface area contributed by atoms with Crippen molar-refractivity contribution < 1.29 is 27.5 Å². The Hall–Kier alpha value is -2.46. The quantitative estimate of drug-likeness (QED) is 0.390. The molecule has 1 aliphatic heterocycles. The summed E-state index contributed by atoms with van der Waals surface area (Å²) >= 11 is 0. The third-order valence-corrected chi connectivity index (χ3v) is 6.58. The van der Waals surface area contributed by atoms with Crippen LogP contribution in [0, 0.1) is 11.7 Å². The number of nitrogens with one attached hydrogen (secondary N) is 1. The van der Waals surface area contributed by atoms with Crippen LogP contribution in [-0.4, -0.2) is 61.5 Å². The van der Waals surface area contributed by atoms with Crippen molar-refractivity contribution in [1.29, 1.82) is 0 Å². The van der Waals surface area contributed by atoms with Crippen molar-refractivity contribution >= 4 is 12.1 Å². The zero-order valence-electron chi connectivity index (χ0n) is 19.2. The fourth-order valence-corrected chi connectivity index (χ4v) is 4.69. The van der Waals surface area contributed by atoms with E-state index in [1.807, 2.05) is 4.90 Å². The Labute approximate surface area is 196 Å². The maximum absolute atomic E-state index is 14.3. The molecule has 2 aliphatic rings. The maximum atomic E-state index is 14.3. The fraction of sp³-hybridized carbons (Fsp3) is 0.583. The molecule has 1 heterocycles. The zero-order valence-corrected chi connectivity index (χ0v) is 19.2. The summed E-state index contributed by atoms with van der Waals surface area (Å²) in [5.74, 6) is -1.31. The third kappa shape index (κ3) is 6.79. The van der Waals surface area contributed by atoms with Crippen LogP contribution in [0.2, 0.25) is 0 Å². The highest BCUT2D eigenvalue weighted by Gasteiger charge is 2.33. The molecule has 3 atom stereocenters. The molecule has 0 radical (unpaired) electrons. The van der Waals surface area contributed by atoms with Crippen LogP contribution in [0.5, 0.6) is 0 Å². The van der Waals surface area contributed by atoms with Crippen molar-refractivity contribution in [3.63, 3.8) is 0 Å². The molecule has 1 aliphatic carbocycles. The van der Waals surface area contributed by atoms with E-state index in [1.165, 1.54) is 6.07 Å². The Bertz CT molecular complexity index is 932. The van der Waals surface area contributed by atoms with Crippen molar-refractivity contribution in [3.8, 4) is 0 Å². The van der Waals surface area contributed by atoms with Crippen LogP contribution in [0.4, 0.5) is 17.6 Å². The zero-order chi connectivity index (χ0) is 24.9. The van der Waals surface area contributed by atoms with Gasteiger partial charge in [-0.15, -0.1) is 0 Å². The van der Waals surface area contributed by atoms with E-state index < -0.39 is 23.7 Å². The van der Waals surface area contributed by atoms with Gasteiger partial charge in [0.25, 0.3) is 0 Å². The van der Waals surface area contributed by atoms with E-state index in [0.29, 0.717) is 64.3 Å². The molecule has 4 N–H and O–H groups in total. The first-order valence-corrected chi connectivity index (χ1v) is 11.5. The van der Waals surface area contributed by atoms with Crippen molar-refractivity contribution in [2.24, 2.45) is 16.6 Å². The predicted molar refractivity (Wildman–Crippen MR) is 122 cm³/mol. The second-order valence-corrected chi connectivity index (χ2v) is 9.09. The van der Waals surface area contributed by atoms with Crippen LogP contribution in [0.15, 0.2) is 34.5 Å². The summed E-state index contributed by atoms with van der Waals surface area (Å²) in [5, 5.41) is 13.3. The molecule has 34 heavy (non-hydrogen) atoms. The number of likely N-dealkylation sites (tertiary alicyclic amines) is 1. The lowest BCUT2D eigenvalue weighted by atomic mass is 9.86. The van der Waals surface area contributed by atoms with Crippen molar-refractivity contribution in [1.82, 2.24) is 10.2 Å². The second-order valence-electron chi connectivity index (χ2n) is 9.09. The first-order valence-electron chi connectivity index (χ1n) is 11.5. The Morgan fingerprint density at radius 3 is 2.82 bits per heavy atom. The van der Waals surface area contributed by atoms with Crippen LogP contribution >= 0.6 is 0 Å². The fourth-order valence-electron chi connectivity index (χ4n) is 4.69. The summed E-state index contributed by atoms with van der Waals surface area (Å²) in [6.07, 6.45) is -0.710. The number of alkyl halides is 3. The number of halogens is 4. The molecular formula is C24H32F4N4O2. The van der Waals surface area contributed by atoms with Gasteiger partial charge < -0.3 is 21.1 Å². The lowest BCUT2D eigenvalue weighted by Crippen LogP contribution is -2.37. The average Bonchev–Trinajstić information content (AvgIpc) is 3.22. The molecule has 1 fully saturated rings. The molecule has 1 aromatic carbocycles. The smallest absolute Gasteiger partial charge is 0.402 e. The van der Waals surface area contributed by atoms with Gasteiger partial charge in [-0.1, -0.05) is 6.07 Å². The number of amides is 1. The number of nitrogens with two attached hydrogens (primary N) is 1. The molecule has 6 nitrogen and oxygen atoms in total. The Kier molecular flexibility index (Phi) is 8.70. The van der Waals surface area contributed by atoms with Gasteiger partial charge in [0.1, 0.15) is 5.82 Å². The molecule has 0 aromatic heterocycles. The van der Waals surface area contributed by atoms with Gasteiger partial charge in [0.15, 0.2) is 0 Å². The molecule has 1 amide bonds. The van der Waals surface area contributed by atoms with Gasteiger partial charge in [-0.25, -0.2) is 4.39 Å². The summed E-state index contributed by atoms with van der Waals surface area (Å²) in [6.45, 7) is 1.77. The molecule has 10 heteroatoms. The van der Waals surface area contributed by atoms with Gasteiger partial charge in [-0.2, -0.15) is 13.2 Å². The molecule has 1 saturated heterocycles. The monoisotopic (exact) mass is 484 g/mol. The number of carbonyl (C=O) groups excluding carboxylic acids is 1. The van der Waals surface area contributed by atoms with Gasteiger partial charge >= 0.3 is 6.18 Å².